The fraction of sp³-hybridized carbons (Fsp3) is 0.385. The minimum absolute atomic E-state index is 0.171. The molecule has 0 spiro atoms. The number of likely N-dealkylation sites (tertiary alicyclic amines) is 1. The highest BCUT2D eigenvalue weighted by atomic mass is 19.1. The van der Waals surface area contributed by atoms with Gasteiger partial charge in [-0.1, -0.05) is 11.2 Å². The zero-order valence-electron chi connectivity index (χ0n) is 10.5. The van der Waals surface area contributed by atoms with E-state index in [4.69, 9.17) is 5.21 Å². The number of anilines is 1. The molecular weight excluding hydrogens is 249 g/mol. The summed E-state index contributed by atoms with van der Waals surface area (Å²) in [6.07, 6.45) is 1.34. The van der Waals surface area contributed by atoms with Crippen molar-refractivity contribution in [2.24, 2.45) is 5.16 Å². The third-order valence-corrected chi connectivity index (χ3v) is 3.05. The number of piperidine rings is 1. The molecule has 0 radical (unpaired) electrons. The van der Waals surface area contributed by atoms with Crippen molar-refractivity contribution < 1.29 is 14.4 Å². The van der Waals surface area contributed by atoms with Gasteiger partial charge in [-0.05, 0) is 18.2 Å². The molecule has 2 rings (SSSR count). The van der Waals surface area contributed by atoms with Gasteiger partial charge >= 0.3 is 0 Å². The Kier molecular flexibility index (Phi) is 4.46. The van der Waals surface area contributed by atoms with Crippen LogP contribution >= 0.6 is 0 Å². The minimum atomic E-state index is -0.375. The zero-order valence-corrected chi connectivity index (χ0v) is 10.5. The van der Waals surface area contributed by atoms with Gasteiger partial charge in [0.15, 0.2) is 0 Å². The molecule has 0 bridgehead atoms. The van der Waals surface area contributed by atoms with E-state index in [9.17, 15) is 9.18 Å². The van der Waals surface area contributed by atoms with Crippen molar-refractivity contribution in [3.63, 3.8) is 0 Å². The molecule has 0 unspecified atom stereocenters. The van der Waals surface area contributed by atoms with Crippen LogP contribution in [-0.2, 0) is 4.79 Å². The summed E-state index contributed by atoms with van der Waals surface area (Å²) in [4.78, 5) is 13.8. The fourth-order valence-corrected chi connectivity index (χ4v) is 2.04. The van der Waals surface area contributed by atoms with Crippen LogP contribution in [0.3, 0.4) is 0 Å². The number of amides is 1. The van der Waals surface area contributed by atoms with E-state index in [1.807, 2.05) is 4.90 Å². The Morgan fingerprint density at radius 3 is 2.79 bits per heavy atom. The minimum Gasteiger partial charge on any atom is -0.411 e. The standard InChI is InChI=1S/C13H16FN3O2/c14-10-2-1-3-12(8-10)15-13(18)9-17-6-4-11(16-19)5-7-17/h1-3,8,19H,4-7,9H2,(H,15,18). The summed E-state index contributed by atoms with van der Waals surface area (Å²) in [6, 6.07) is 5.81. The SMILES string of the molecule is O=C(CN1CCC(=NO)CC1)Nc1cccc(F)c1. The van der Waals surface area contributed by atoms with Crippen LogP contribution in [0.5, 0.6) is 0 Å². The van der Waals surface area contributed by atoms with Crippen molar-refractivity contribution in [2.45, 2.75) is 12.8 Å². The maximum Gasteiger partial charge on any atom is 0.238 e. The van der Waals surface area contributed by atoms with Crippen LogP contribution in [0.25, 0.3) is 0 Å². The number of benzene rings is 1. The van der Waals surface area contributed by atoms with E-state index in [0.29, 0.717) is 31.6 Å². The van der Waals surface area contributed by atoms with Gasteiger partial charge in [-0.2, -0.15) is 0 Å². The number of hydrogen-bond donors (Lipinski definition) is 2. The summed E-state index contributed by atoms with van der Waals surface area (Å²) < 4.78 is 13.0. The molecule has 0 aromatic heterocycles. The van der Waals surface area contributed by atoms with Crippen molar-refractivity contribution in [1.29, 1.82) is 0 Å². The quantitative estimate of drug-likeness (QED) is 0.645. The van der Waals surface area contributed by atoms with Crippen LogP contribution in [0, 0.1) is 5.82 Å². The van der Waals surface area contributed by atoms with Gasteiger partial charge in [-0.3, -0.25) is 9.69 Å². The lowest BCUT2D eigenvalue weighted by Gasteiger charge is -2.26. The normalized spacial score (nSPS) is 16.2. The van der Waals surface area contributed by atoms with Gasteiger partial charge in [-0.15, -0.1) is 0 Å². The van der Waals surface area contributed by atoms with Crippen molar-refractivity contribution in [1.82, 2.24) is 4.90 Å². The Hall–Kier alpha value is -1.95. The third-order valence-electron chi connectivity index (χ3n) is 3.05. The first-order valence-corrected chi connectivity index (χ1v) is 6.15. The molecule has 1 amide bonds. The summed E-state index contributed by atoms with van der Waals surface area (Å²) in [6.45, 7) is 1.64. The topological polar surface area (TPSA) is 64.9 Å². The second kappa shape index (κ2) is 6.29. The molecule has 0 atom stereocenters. The molecule has 1 aliphatic heterocycles. The lowest BCUT2D eigenvalue weighted by molar-refractivity contribution is -0.117. The molecule has 1 fully saturated rings. The van der Waals surface area contributed by atoms with Gasteiger partial charge < -0.3 is 10.5 Å². The molecule has 1 saturated heterocycles. The van der Waals surface area contributed by atoms with E-state index in [0.717, 1.165) is 5.71 Å². The molecule has 1 heterocycles. The van der Waals surface area contributed by atoms with Crippen molar-refractivity contribution in [3.05, 3.63) is 30.1 Å². The summed E-state index contributed by atoms with van der Waals surface area (Å²) in [5.41, 5.74) is 1.22. The maximum absolute atomic E-state index is 13.0. The summed E-state index contributed by atoms with van der Waals surface area (Å²) in [5, 5.41) is 14.5. The Bertz CT molecular complexity index is 481. The second-order valence-electron chi connectivity index (χ2n) is 4.50. The predicted octanol–water partition coefficient (Wildman–Crippen LogP) is 1.69. The highest BCUT2D eigenvalue weighted by Crippen LogP contribution is 2.10. The zero-order chi connectivity index (χ0) is 13.7. The molecule has 1 aromatic carbocycles. The average molecular weight is 265 g/mol. The van der Waals surface area contributed by atoms with Gasteiger partial charge in [0.1, 0.15) is 5.82 Å². The van der Waals surface area contributed by atoms with Crippen LogP contribution < -0.4 is 5.32 Å². The molecule has 1 aromatic rings. The first kappa shape index (κ1) is 13.5. The largest absolute Gasteiger partial charge is 0.411 e. The van der Waals surface area contributed by atoms with Crippen molar-refractivity contribution in [3.8, 4) is 0 Å². The molecular formula is C13H16FN3O2. The molecule has 19 heavy (non-hydrogen) atoms. The third kappa shape index (κ3) is 4.03. The van der Waals surface area contributed by atoms with E-state index >= 15 is 0 Å². The van der Waals surface area contributed by atoms with E-state index < -0.39 is 0 Å². The molecule has 102 valence electrons. The highest BCUT2D eigenvalue weighted by Gasteiger charge is 2.17. The number of hydrogen-bond acceptors (Lipinski definition) is 4. The second-order valence-corrected chi connectivity index (χ2v) is 4.50. The molecule has 0 saturated carbocycles. The predicted molar refractivity (Wildman–Crippen MR) is 69.9 cm³/mol. The van der Waals surface area contributed by atoms with E-state index in [1.165, 1.54) is 12.1 Å². The fourth-order valence-electron chi connectivity index (χ4n) is 2.04. The smallest absolute Gasteiger partial charge is 0.238 e. The van der Waals surface area contributed by atoms with Crippen LogP contribution in [0.4, 0.5) is 10.1 Å². The van der Waals surface area contributed by atoms with E-state index in [2.05, 4.69) is 10.5 Å². The number of carbonyl (C=O) groups excluding carboxylic acids is 1. The van der Waals surface area contributed by atoms with E-state index in [1.54, 1.807) is 12.1 Å². The number of rotatable bonds is 3. The maximum atomic E-state index is 13.0. The summed E-state index contributed by atoms with van der Waals surface area (Å²) >= 11 is 0. The highest BCUT2D eigenvalue weighted by molar-refractivity contribution is 5.92. The Labute approximate surface area is 110 Å². The van der Waals surface area contributed by atoms with Crippen LogP contribution in [0.1, 0.15) is 12.8 Å². The number of nitrogens with zero attached hydrogens (tertiary/aromatic N) is 2. The molecule has 5 nitrogen and oxygen atoms in total. The van der Waals surface area contributed by atoms with Crippen LogP contribution in [-0.4, -0.2) is 41.4 Å². The molecule has 2 N–H and O–H groups in total. The van der Waals surface area contributed by atoms with Gasteiger partial charge in [-0.25, -0.2) is 4.39 Å². The van der Waals surface area contributed by atoms with Crippen LogP contribution in [0.2, 0.25) is 0 Å². The Morgan fingerprint density at radius 2 is 2.16 bits per heavy atom. The average Bonchev–Trinajstić information content (AvgIpc) is 2.39. The molecule has 0 aliphatic carbocycles. The Morgan fingerprint density at radius 1 is 1.42 bits per heavy atom. The number of nitrogens with one attached hydrogen (secondary N) is 1. The van der Waals surface area contributed by atoms with Gasteiger partial charge in [0.05, 0.1) is 12.3 Å². The monoisotopic (exact) mass is 265 g/mol. The first-order valence-electron chi connectivity index (χ1n) is 6.15. The molecule has 6 heteroatoms. The van der Waals surface area contributed by atoms with Crippen molar-refractivity contribution in [2.75, 3.05) is 25.0 Å². The first-order chi connectivity index (χ1) is 9.17. The Balaban J connectivity index is 1.82. The summed E-state index contributed by atoms with van der Waals surface area (Å²) in [7, 11) is 0. The summed E-state index contributed by atoms with van der Waals surface area (Å²) in [5.74, 6) is -0.547. The lowest BCUT2D eigenvalue weighted by Crippen LogP contribution is -2.39. The van der Waals surface area contributed by atoms with Crippen molar-refractivity contribution >= 4 is 17.3 Å². The number of oxime groups is 1. The van der Waals surface area contributed by atoms with E-state index in [-0.39, 0.29) is 18.3 Å². The number of halogens is 1. The lowest BCUT2D eigenvalue weighted by atomic mass is 10.1. The number of carbonyl (C=O) groups is 1. The van der Waals surface area contributed by atoms with Gasteiger partial charge in [0, 0.05) is 31.6 Å². The van der Waals surface area contributed by atoms with Crippen LogP contribution in [0.15, 0.2) is 29.4 Å². The van der Waals surface area contributed by atoms with Gasteiger partial charge in [0.25, 0.3) is 0 Å². The van der Waals surface area contributed by atoms with Gasteiger partial charge in [0.2, 0.25) is 5.91 Å². The molecule has 1 aliphatic rings.